The number of nitriles is 1. The number of hydrogen-bond acceptors (Lipinski definition) is 12. The van der Waals surface area contributed by atoms with Gasteiger partial charge in [0, 0.05) is 56.9 Å². The number of anilines is 2. The average molecular weight is 862 g/mol. The fourth-order valence-electron chi connectivity index (χ4n) is 10.4. The van der Waals surface area contributed by atoms with Crippen molar-refractivity contribution < 1.29 is 28.7 Å². The second-order valence-corrected chi connectivity index (χ2v) is 18.4. The smallest absolute Gasteiger partial charge is 0.272 e. The van der Waals surface area contributed by atoms with Gasteiger partial charge in [-0.2, -0.15) is 5.26 Å². The van der Waals surface area contributed by atoms with Crippen molar-refractivity contribution in [3.8, 4) is 11.8 Å². The molecule has 62 heavy (non-hydrogen) atoms. The van der Waals surface area contributed by atoms with Crippen LogP contribution in [0.2, 0.25) is 5.02 Å². The van der Waals surface area contributed by atoms with Crippen LogP contribution in [0.5, 0.6) is 5.75 Å². The van der Waals surface area contributed by atoms with Crippen LogP contribution in [0, 0.1) is 22.7 Å². The van der Waals surface area contributed by atoms with E-state index in [1.165, 1.54) is 12.8 Å². The number of likely N-dealkylation sites (tertiary alicyclic amines) is 1. The third kappa shape index (κ3) is 8.72. The number of carbonyl (C=O) groups excluding carboxylic acids is 5. The Balaban J connectivity index is 0.682. The maximum Gasteiger partial charge on any atom is 0.272 e. The molecule has 1 saturated carbocycles. The van der Waals surface area contributed by atoms with Gasteiger partial charge in [-0.25, -0.2) is 0 Å². The van der Waals surface area contributed by atoms with Crippen LogP contribution >= 0.6 is 11.6 Å². The number of hydrogen-bond donors (Lipinski definition) is 2. The number of piperidine rings is 4. The number of ether oxygens (including phenoxy) is 1. The van der Waals surface area contributed by atoms with Crippen molar-refractivity contribution >= 4 is 52.6 Å². The third-order valence-electron chi connectivity index (χ3n) is 14.2. The summed E-state index contributed by atoms with van der Waals surface area (Å²) in [5, 5.41) is 23.7. The van der Waals surface area contributed by atoms with Gasteiger partial charge < -0.3 is 24.8 Å². The SMILES string of the molecule is N#Cc1ccc(OC2CCC(NC(=O)c3ccc(N4CCC5(CCN(CC6CCN(c7ccc8c(c7)C(=O)N(C7CCC(=O)NC7=O)C8=O)CC6)CC5)CC4)nn3)CC2)cc1Cl. The van der Waals surface area contributed by atoms with Crippen LogP contribution in [0.25, 0.3) is 0 Å². The van der Waals surface area contributed by atoms with Crippen molar-refractivity contribution in [2.75, 3.05) is 55.6 Å². The number of nitrogens with zero attached hydrogens (tertiary/aromatic N) is 7. The molecule has 4 saturated heterocycles. The van der Waals surface area contributed by atoms with Gasteiger partial charge >= 0.3 is 0 Å². The van der Waals surface area contributed by atoms with Crippen molar-refractivity contribution in [1.82, 2.24) is 30.6 Å². The molecule has 1 spiro atoms. The molecule has 5 amide bonds. The lowest BCUT2D eigenvalue weighted by atomic mass is 9.71. The average Bonchev–Trinajstić information content (AvgIpc) is 3.53. The second-order valence-electron chi connectivity index (χ2n) is 18.0. The van der Waals surface area contributed by atoms with Gasteiger partial charge in [0.05, 0.1) is 27.8 Å². The Labute approximate surface area is 366 Å². The van der Waals surface area contributed by atoms with Crippen LogP contribution in [0.15, 0.2) is 48.5 Å². The highest BCUT2D eigenvalue weighted by Crippen LogP contribution is 2.42. The molecule has 1 unspecified atom stereocenters. The topological polar surface area (TPSA) is 181 Å². The van der Waals surface area contributed by atoms with E-state index in [1.54, 1.807) is 36.4 Å². The van der Waals surface area contributed by atoms with Gasteiger partial charge in [-0.1, -0.05) is 11.6 Å². The number of fused-ring (bicyclic) bond motifs is 1. The molecular weight excluding hydrogens is 810 g/mol. The Kier molecular flexibility index (Phi) is 11.9. The van der Waals surface area contributed by atoms with E-state index in [4.69, 9.17) is 21.6 Å². The summed E-state index contributed by atoms with van der Waals surface area (Å²) < 4.78 is 6.10. The Morgan fingerprint density at radius 1 is 0.823 bits per heavy atom. The minimum Gasteiger partial charge on any atom is -0.490 e. The molecule has 1 aromatic heterocycles. The zero-order valence-corrected chi connectivity index (χ0v) is 35.6. The summed E-state index contributed by atoms with van der Waals surface area (Å²) in [5.74, 6) is -0.0822. The van der Waals surface area contributed by atoms with E-state index < -0.39 is 23.8 Å². The number of aromatic nitrogens is 2. The lowest BCUT2D eigenvalue weighted by Crippen LogP contribution is -2.54. The predicted octanol–water partition coefficient (Wildman–Crippen LogP) is 5.12. The van der Waals surface area contributed by atoms with Gasteiger partial charge in [0.15, 0.2) is 11.5 Å². The summed E-state index contributed by atoms with van der Waals surface area (Å²) in [4.78, 5) is 71.9. The molecule has 6 heterocycles. The molecular formula is C46H52ClN9O6. The van der Waals surface area contributed by atoms with Crippen molar-refractivity contribution in [3.63, 3.8) is 0 Å². The number of amides is 5. The highest BCUT2D eigenvalue weighted by Gasteiger charge is 2.45. The van der Waals surface area contributed by atoms with Crippen molar-refractivity contribution in [3.05, 3.63) is 75.9 Å². The standard InChI is InChI=1S/C46H52ClN9O6/c47-37-26-34(5-1-30(37)27-48)62-33-6-2-31(3-7-33)49-42(58)38-9-11-40(52-51-38)55-23-17-46(18-24-55)15-21-53(22-16-46)28-29-13-19-54(20-14-29)32-4-8-35-36(25-32)45(61)56(44(35)60)39-10-12-41(57)50-43(39)59/h1,4-5,8-9,11,25-26,29,31,33,39H,2-3,6-7,10,12-24,28H2,(H,49,58)(H,50,57,59). The van der Waals surface area contributed by atoms with Gasteiger partial charge in [0.2, 0.25) is 11.8 Å². The molecule has 3 aromatic rings. The second kappa shape index (κ2) is 17.6. The Morgan fingerprint density at radius 3 is 2.23 bits per heavy atom. The fourth-order valence-corrected chi connectivity index (χ4v) is 10.6. The summed E-state index contributed by atoms with van der Waals surface area (Å²) >= 11 is 6.16. The van der Waals surface area contributed by atoms with E-state index in [1.807, 2.05) is 12.1 Å². The summed E-state index contributed by atoms with van der Waals surface area (Å²) in [6.45, 7) is 6.91. The van der Waals surface area contributed by atoms with E-state index in [0.29, 0.717) is 44.5 Å². The first kappa shape index (κ1) is 41.7. The van der Waals surface area contributed by atoms with Crippen LogP contribution in [-0.2, 0) is 9.59 Å². The molecule has 0 radical (unpaired) electrons. The highest BCUT2D eigenvalue weighted by atomic mass is 35.5. The third-order valence-corrected chi connectivity index (χ3v) is 14.6. The molecule has 15 nitrogen and oxygen atoms in total. The molecule has 2 N–H and O–H groups in total. The monoisotopic (exact) mass is 861 g/mol. The van der Waals surface area contributed by atoms with Gasteiger partial charge in [-0.15, -0.1) is 10.2 Å². The first-order chi connectivity index (χ1) is 30.0. The lowest BCUT2D eigenvalue weighted by Gasteiger charge is -2.48. The van der Waals surface area contributed by atoms with Gasteiger partial charge in [-0.05, 0) is 138 Å². The summed E-state index contributed by atoms with van der Waals surface area (Å²) in [6, 6.07) is 15.3. The Bertz CT molecular complexity index is 2270. The van der Waals surface area contributed by atoms with Crippen LogP contribution in [0.3, 0.4) is 0 Å². The van der Waals surface area contributed by atoms with E-state index in [9.17, 15) is 24.0 Å². The molecule has 2 aromatic carbocycles. The summed E-state index contributed by atoms with van der Waals surface area (Å²) in [7, 11) is 0. The normalized spacial score (nSPS) is 24.5. The van der Waals surface area contributed by atoms with Crippen molar-refractivity contribution in [2.24, 2.45) is 11.3 Å². The number of halogens is 1. The van der Waals surface area contributed by atoms with Crippen molar-refractivity contribution in [2.45, 2.75) is 95.2 Å². The van der Waals surface area contributed by atoms with Crippen LogP contribution < -0.4 is 25.2 Å². The number of nitrogens with one attached hydrogen (secondary N) is 2. The van der Waals surface area contributed by atoms with E-state index in [-0.39, 0.29) is 36.8 Å². The van der Waals surface area contributed by atoms with Crippen LogP contribution in [0.1, 0.15) is 114 Å². The van der Waals surface area contributed by atoms with E-state index in [0.717, 1.165) is 114 Å². The fraction of sp³-hybridized carbons (Fsp3) is 0.522. The molecule has 9 rings (SSSR count). The van der Waals surface area contributed by atoms with Gasteiger partial charge in [0.1, 0.15) is 17.9 Å². The zero-order chi connectivity index (χ0) is 43.0. The Hall–Kier alpha value is -5.59. The van der Waals surface area contributed by atoms with Crippen LogP contribution in [-0.4, -0.2) is 114 Å². The molecule has 5 aliphatic heterocycles. The summed E-state index contributed by atoms with van der Waals surface area (Å²) in [5.41, 5.74) is 2.64. The van der Waals surface area contributed by atoms with Gasteiger partial charge in [-0.3, -0.25) is 34.2 Å². The van der Waals surface area contributed by atoms with Crippen molar-refractivity contribution in [1.29, 1.82) is 5.26 Å². The highest BCUT2D eigenvalue weighted by molar-refractivity contribution is 6.31. The minimum atomic E-state index is -0.965. The lowest BCUT2D eigenvalue weighted by molar-refractivity contribution is -0.136. The maximum atomic E-state index is 13.4. The summed E-state index contributed by atoms with van der Waals surface area (Å²) in [6.07, 6.45) is 10.2. The molecule has 1 aliphatic carbocycles. The molecule has 1 atom stereocenters. The quantitative estimate of drug-likeness (QED) is 0.272. The van der Waals surface area contributed by atoms with Gasteiger partial charge in [0.25, 0.3) is 17.7 Å². The maximum absolute atomic E-state index is 13.4. The molecule has 16 heteroatoms. The number of rotatable bonds is 9. The number of benzene rings is 2. The molecule has 6 aliphatic rings. The number of imide groups is 2. The first-order valence-electron chi connectivity index (χ1n) is 22.1. The molecule has 324 valence electrons. The van der Waals surface area contributed by atoms with E-state index in [2.05, 4.69) is 41.6 Å². The number of carbonyl (C=O) groups is 5. The minimum absolute atomic E-state index is 0.0267. The first-order valence-corrected chi connectivity index (χ1v) is 22.5. The molecule has 0 bridgehead atoms. The van der Waals surface area contributed by atoms with Crippen LogP contribution in [0.4, 0.5) is 11.5 Å². The van der Waals surface area contributed by atoms with E-state index >= 15 is 0 Å². The predicted molar refractivity (Wildman–Crippen MR) is 230 cm³/mol. The Morgan fingerprint density at radius 2 is 1.55 bits per heavy atom. The zero-order valence-electron chi connectivity index (χ0n) is 34.8. The molecule has 5 fully saturated rings. The largest absolute Gasteiger partial charge is 0.490 e.